The number of benzene rings is 1. The number of ether oxygens (including phenoxy) is 1. The normalized spacial score (nSPS) is 12.3. The molecule has 0 spiro atoms. The van der Waals surface area contributed by atoms with Crippen molar-refractivity contribution in [2.24, 2.45) is 0 Å². The quantitative estimate of drug-likeness (QED) is 0.674. The lowest BCUT2D eigenvalue weighted by atomic mass is 10.2. The molecule has 0 atom stereocenters. The van der Waals surface area contributed by atoms with Crippen molar-refractivity contribution in [1.82, 2.24) is 0 Å². The molecular formula is C18H32O3Si. The first-order chi connectivity index (χ1) is 10.3. The van der Waals surface area contributed by atoms with E-state index in [0.717, 1.165) is 17.1 Å². The summed E-state index contributed by atoms with van der Waals surface area (Å²) in [5.41, 5.74) is 2.39. The van der Waals surface area contributed by atoms with Crippen LogP contribution in [0, 0.1) is 0 Å². The third-order valence-corrected chi connectivity index (χ3v) is 10.5. The first-order valence-corrected chi connectivity index (χ1v) is 10.5. The van der Waals surface area contributed by atoms with Gasteiger partial charge in [0.25, 0.3) is 8.32 Å². The van der Waals surface area contributed by atoms with Gasteiger partial charge >= 0.3 is 0 Å². The summed E-state index contributed by atoms with van der Waals surface area (Å²) in [6.45, 7) is 16.2. The van der Waals surface area contributed by atoms with Gasteiger partial charge in [-0.25, -0.2) is 0 Å². The van der Waals surface area contributed by atoms with E-state index in [1.807, 2.05) is 25.1 Å². The zero-order valence-electron chi connectivity index (χ0n) is 15.1. The maximum absolute atomic E-state index is 9.33. The van der Waals surface area contributed by atoms with E-state index in [2.05, 4.69) is 41.5 Å². The Labute approximate surface area is 136 Å². The van der Waals surface area contributed by atoms with Crippen molar-refractivity contribution in [3.63, 3.8) is 0 Å². The molecule has 1 aromatic carbocycles. The molecule has 1 rings (SSSR count). The van der Waals surface area contributed by atoms with Crippen LogP contribution in [-0.2, 0) is 6.61 Å². The van der Waals surface area contributed by atoms with E-state index in [4.69, 9.17) is 9.16 Å². The standard InChI is InChI=1S/C18H32O3Si/c1-8-20-18-11-16(12-19)9-10-17(18)21-22(13(2)3,14(4)5)15(6)7/h9-11,13-15,19H,8,12H2,1-7H3. The summed E-state index contributed by atoms with van der Waals surface area (Å²) in [5.74, 6) is 1.56. The van der Waals surface area contributed by atoms with Crippen molar-refractivity contribution in [1.29, 1.82) is 0 Å². The van der Waals surface area contributed by atoms with Crippen LogP contribution in [0.5, 0.6) is 11.5 Å². The Balaban J connectivity index is 3.28. The number of aliphatic hydroxyl groups is 1. The smallest absolute Gasteiger partial charge is 0.258 e. The number of rotatable bonds is 8. The number of hydrogen-bond acceptors (Lipinski definition) is 3. The predicted molar refractivity (Wildman–Crippen MR) is 95.2 cm³/mol. The Morgan fingerprint density at radius 1 is 0.955 bits per heavy atom. The number of aliphatic hydroxyl groups excluding tert-OH is 1. The van der Waals surface area contributed by atoms with Crippen LogP contribution in [0.2, 0.25) is 16.6 Å². The van der Waals surface area contributed by atoms with Crippen LogP contribution in [-0.4, -0.2) is 20.0 Å². The van der Waals surface area contributed by atoms with Crippen LogP contribution < -0.4 is 9.16 Å². The first-order valence-electron chi connectivity index (χ1n) is 8.35. The summed E-state index contributed by atoms with van der Waals surface area (Å²) in [5, 5.41) is 9.33. The predicted octanol–water partition coefficient (Wildman–Crippen LogP) is 5.13. The van der Waals surface area contributed by atoms with Gasteiger partial charge in [0.1, 0.15) is 5.75 Å². The van der Waals surface area contributed by atoms with Crippen molar-refractivity contribution in [3.05, 3.63) is 23.8 Å². The molecule has 4 heteroatoms. The summed E-state index contributed by atoms with van der Waals surface area (Å²) >= 11 is 0. The molecule has 0 amide bonds. The summed E-state index contributed by atoms with van der Waals surface area (Å²) in [4.78, 5) is 0. The lowest BCUT2D eigenvalue weighted by Gasteiger charge is -2.42. The van der Waals surface area contributed by atoms with Crippen LogP contribution in [0.4, 0.5) is 0 Å². The molecular weight excluding hydrogens is 292 g/mol. The lowest BCUT2D eigenvalue weighted by molar-refractivity contribution is 0.279. The van der Waals surface area contributed by atoms with E-state index in [0.29, 0.717) is 23.2 Å². The van der Waals surface area contributed by atoms with Gasteiger partial charge in [0.05, 0.1) is 13.2 Å². The molecule has 0 saturated heterocycles. The van der Waals surface area contributed by atoms with E-state index in [9.17, 15) is 5.11 Å². The molecule has 0 aliphatic rings. The summed E-state index contributed by atoms with van der Waals surface area (Å²) in [6.07, 6.45) is 0. The fourth-order valence-electron chi connectivity index (χ4n) is 3.55. The molecule has 3 nitrogen and oxygen atoms in total. The van der Waals surface area contributed by atoms with E-state index < -0.39 is 8.32 Å². The van der Waals surface area contributed by atoms with Crippen LogP contribution in [0.15, 0.2) is 18.2 Å². The highest BCUT2D eigenvalue weighted by Crippen LogP contribution is 2.44. The highest BCUT2D eigenvalue weighted by atomic mass is 28.4. The topological polar surface area (TPSA) is 38.7 Å². The molecule has 1 N–H and O–H groups in total. The number of hydrogen-bond donors (Lipinski definition) is 1. The third kappa shape index (κ3) is 3.85. The molecule has 1 aromatic rings. The van der Waals surface area contributed by atoms with Crippen molar-refractivity contribution < 1.29 is 14.3 Å². The van der Waals surface area contributed by atoms with Crippen LogP contribution in [0.3, 0.4) is 0 Å². The van der Waals surface area contributed by atoms with Crippen molar-refractivity contribution in [3.8, 4) is 11.5 Å². The van der Waals surface area contributed by atoms with Crippen LogP contribution in [0.25, 0.3) is 0 Å². The molecule has 0 heterocycles. The highest BCUT2D eigenvalue weighted by Gasteiger charge is 2.47. The molecule has 0 aromatic heterocycles. The minimum Gasteiger partial charge on any atom is -0.540 e. The van der Waals surface area contributed by atoms with E-state index in [1.165, 1.54) is 0 Å². The summed E-state index contributed by atoms with van der Waals surface area (Å²) in [7, 11) is -2.00. The maximum atomic E-state index is 9.33. The maximum Gasteiger partial charge on any atom is 0.258 e. The summed E-state index contributed by atoms with van der Waals surface area (Å²) in [6, 6.07) is 5.75. The Hall–Kier alpha value is -1.00. The average molecular weight is 325 g/mol. The van der Waals surface area contributed by atoms with Crippen molar-refractivity contribution in [2.45, 2.75) is 71.7 Å². The van der Waals surface area contributed by atoms with Gasteiger partial charge in [0, 0.05) is 0 Å². The second-order valence-corrected chi connectivity index (χ2v) is 12.2. The monoisotopic (exact) mass is 324 g/mol. The molecule has 0 aliphatic heterocycles. The highest BCUT2D eigenvalue weighted by molar-refractivity contribution is 6.78. The van der Waals surface area contributed by atoms with Crippen molar-refractivity contribution >= 4 is 8.32 Å². The molecule has 0 fully saturated rings. The van der Waals surface area contributed by atoms with E-state index in [-0.39, 0.29) is 6.61 Å². The molecule has 0 unspecified atom stereocenters. The molecule has 0 saturated carbocycles. The fourth-order valence-corrected chi connectivity index (χ4v) is 8.80. The van der Waals surface area contributed by atoms with Gasteiger partial charge in [0.15, 0.2) is 5.75 Å². The molecule has 0 radical (unpaired) electrons. The Bertz CT molecular complexity index is 448. The fraction of sp³-hybridized carbons (Fsp3) is 0.667. The lowest BCUT2D eigenvalue weighted by Crippen LogP contribution is -2.50. The molecule has 0 aliphatic carbocycles. The van der Waals surface area contributed by atoms with E-state index in [1.54, 1.807) is 0 Å². The van der Waals surface area contributed by atoms with Crippen LogP contribution in [0.1, 0.15) is 54.0 Å². The second kappa shape index (κ2) is 8.02. The second-order valence-electron chi connectivity index (χ2n) is 6.79. The Kier molecular flexibility index (Phi) is 6.94. The molecule has 126 valence electrons. The zero-order valence-corrected chi connectivity index (χ0v) is 16.1. The largest absolute Gasteiger partial charge is 0.540 e. The van der Waals surface area contributed by atoms with Gasteiger partial charge in [-0.3, -0.25) is 0 Å². The van der Waals surface area contributed by atoms with Gasteiger partial charge in [-0.05, 0) is 41.2 Å². The van der Waals surface area contributed by atoms with Crippen LogP contribution >= 0.6 is 0 Å². The SMILES string of the molecule is CCOc1cc(CO)ccc1O[Si](C(C)C)(C(C)C)C(C)C. The first kappa shape index (κ1) is 19.0. The molecule has 22 heavy (non-hydrogen) atoms. The zero-order chi connectivity index (χ0) is 16.9. The van der Waals surface area contributed by atoms with E-state index >= 15 is 0 Å². The van der Waals surface area contributed by atoms with Crippen molar-refractivity contribution in [2.75, 3.05) is 6.61 Å². The minimum absolute atomic E-state index is 0.0153. The van der Waals surface area contributed by atoms with Gasteiger partial charge < -0.3 is 14.3 Å². The Morgan fingerprint density at radius 3 is 1.91 bits per heavy atom. The third-order valence-electron chi connectivity index (χ3n) is 4.48. The van der Waals surface area contributed by atoms with Gasteiger partial charge in [-0.15, -0.1) is 0 Å². The van der Waals surface area contributed by atoms with Gasteiger partial charge in [-0.1, -0.05) is 47.6 Å². The molecule has 0 bridgehead atoms. The average Bonchev–Trinajstić information content (AvgIpc) is 2.44. The van der Waals surface area contributed by atoms with Gasteiger partial charge in [0.2, 0.25) is 0 Å². The van der Waals surface area contributed by atoms with Gasteiger partial charge in [-0.2, -0.15) is 0 Å². The minimum atomic E-state index is -2.00. The summed E-state index contributed by atoms with van der Waals surface area (Å²) < 4.78 is 12.5. The Morgan fingerprint density at radius 2 is 1.50 bits per heavy atom.